The van der Waals surface area contributed by atoms with E-state index in [0.717, 1.165) is 0 Å². The van der Waals surface area contributed by atoms with Crippen LogP contribution in [0.1, 0.15) is 0 Å². The Labute approximate surface area is 65.1 Å². The molecule has 0 aliphatic carbocycles. The molecule has 0 atom stereocenters. The molecule has 0 fully saturated rings. The molecular formula is C6H3BF5-. The van der Waals surface area contributed by atoms with Crippen LogP contribution in [0.2, 0.25) is 0 Å². The van der Waals surface area contributed by atoms with Crippen LogP contribution in [0.4, 0.5) is 21.7 Å². The predicted octanol–water partition coefficient (Wildman–Crippen LogP) is 2.02. The van der Waals surface area contributed by atoms with E-state index in [1.54, 1.807) is 0 Å². The maximum atomic E-state index is 12.2. The fraction of sp³-hybridized carbons (Fsp3) is 0. The Morgan fingerprint density at radius 2 is 1.50 bits per heavy atom. The second-order valence-corrected chi connectivity index (χ2v) is 2.25. The van der Waals surface area contributed by atoms with Crippen molar-refractivity contribution >= 4 is 12.4 Å². The first-order valence-corrected chi connectivity index (χ1v) is 3.06. The van der Waals surface area contributed by atoms with Crippen molar-refractivity contribution in [3.8, 4) is 0 Å². The lowest BCUT2D eigenvalue weighted by Crippen LogP contribution is -2.34. The van der Waals surface area contributed by atoms with Gasteiger partial charge in [0.2, 0.25) is 0 Å². The Morgan fingerprint density at radius 3 is 1.92 bits per heavy atom. The molecule has 0 unspecified atom stereocenters. The summed E-state index contributed by atoms with van der Waals surface area (Å²) < 4.78 is 60.0. The molecule has 0 saturated carbocycles. The molecule has 0 heterocycles. The minimum absolute atomic E-state index is 0.148. The van der Waals surface area contributed by atoms with Gasteiger partial charge in [-0.3, -0.25) is 0 Å². The van der Waals surface area contributed by atoms with E-state index >= 15 is 0 Å². The maximum absolute atomic E-state index is 12.2. The third-order valence-corrected chi connectivity index (χ3v) is 1.32. The first-order valence-electron chi connectivity index (χ1n) is 3.06. The molecule has 6 heteroatoms. The number of benzene rings is 1. The summed E-state index contributed by atoms with van der Waals surface area (Å²) in [4.78, 5) is 0. The van der Waals surface area contributed by atoms with Gasteiger partial charge in [-0.2, -0.15) is 0 Å². The van der Waals surface area contributed by atoms with Gasteiger partial charge in [0.05, 0.1) is 0 Å². The maximum Gasteiger partial charge on any atom is 0.509 e. The summed E-state index contributed by atoms with van der Waals surface area (Å²) >= 11 is 0. The SMILES string of the molecule is Fc1ccc([B-](F)(F)F)cc1F. The largest absolute Gasteiger partial charge is 0.509 e. The van der Waals surface area contributed by atoms with Crippen LogP contribution in [-0.4, -0.2) is 6.98 Å². The van der Waals surface area contributed by atoms with Gasteiger partial charge in [0.15, 0.2) is 11.6 Å². The van der Waals surface area contributed by atoms with E-state index in [1.807, 2.05) is 0 Å². The number of hydrogen-bond donors (Lipinski definition) is 0. The van der Waals surface area contributed by atoms with Crippen LogP contribution < -0.4 is 5.46 Å². The van der Waals surface area contributed by atoms with Crippen LogP contribution >= 0.6 is 0 Å². The van der Waals surface area contributed by atoms with E-state index in [9.17, 15) is 21.7 Å². The van der Waals surface area contributed by atoms with Crippen LogP contribution in [0.25, 0.3) is 0 Å². The predicted molar refractivity (Wildman–Crippen MR) is 35.1 cm³/mol. The molecule has 0 amide bonds. The van der Waals surface area contributed by atoms with Gasteiger partial charge >= 0.3 is 6.98 Å². The van der Waals surface area contributed by atoms with E-state index < -0.39 is 24.1 Å². The van der Waals surface area contributed by atoms with Crippen LogP contribution in [-0.2, 0) is 0 Å². The zero-order valence-electron chi connectivity index (χ0n) is 5.70. The lowest BCUT2D eigenvalue weighted by Gasteiger charge is -2.14. The molecule has 0 spiro atoms. The van der Waals surface area contributed by atoms with Gasteiger partial charge in [-0.05, 0) is 6.07 Å². The second kappa shape index (κ2) is 2.77. The Bertz CT molecular complexity index is 292. The molecule has 1 rings (SSSR count). The Hall–Kier alpha value is -1.07. The van der Waals surface area contributed by atoms with Crippen molar-refractivity contribution in [3.63, 3.8) is 0 Å². The van der Waals surface area contributed by atoms with Crippen molar-refractivity contribution in [3.05, 3.63) is 29.8 Å². The van der Waals surface area contributed by atoms with E-state index in [-0.39, 0.29) is 6.07 Å². The molecule has 66 valence electrons. The van der Waals surface area contributed by atoms with Crippen molar-refractivity contribution in [2.75, 3.05) is 0 Å². The van der Waals surface area contributed by atoms with E-state index in [2.05, 4.69) is 0 Å². The highest BCUT2D eigenvalue weighted by Gasteiger charge is 2.26. The molecule has 0 aromatic heterocycles. The monoisotopic (exact) mass is 181 g/mol. The average Bonchev–Trinajstić information content (AvgIpc) is 1.92. The topological polar surface area (TPSA) is 0 Å². The normalized spacial score (nSPS) is 11.8. The molecule has 0 aliphatic heterocycles. The van der Waals surface area contributed by atoms with E-state index in [0.29, 0.717) is 12.1 Å². The van der Waals surface area contributed by atoms with Gasteiger partial charge in [-0.1, -0.05) is 12.1 Å². The molecule has 0 bridgehead atoms. The second-order valence-electron chi connectivity index (χ2n) is 2.25. The molecule has 0 N–H and O–H groups in total. The Kier molecular flexibility index (Phi) is 2.08. The Balaban J connectivity index is 3.14. The quantitative estimate of drug-likeness (QED) is 0.459. The van der Waals surface area contributed by atoms with Crippen molar-refractivity contribution in [1.29, 1.82) is 0 Å². The summed E-state index contributed by atoms with van der Waals surface area (Å²) in [6, 6.07) is 1.12. The smallest absolute Gasteiger partial charge is 0.445 e. The van der Waals surface area contributed by atoms with Gasteiger partial charge in [0, 0.05) is 0 Å². The van der Waals surface area contributed by atoms with Gasteiger partial charge in [0.25, 0.3) is 0 Å². The molecular weight excluding hydrogens is 178 g/mol. The molecule has 1 aromatic rings. The van der Waals surface area contributed by atoms with Crippen molar-refractivity contribution in [1.82, 2.24) is 0 Å². The first-order chi connectivity index (χ1) is 5.41. The fourth-order valence-corrected chi connectivity index (χ4v) is 0.716. The zero-order chi connectivity index (χ0) is 9.35. The summed E-state index contributed by atoms with van der Waals surface area (Å²) in [5.74, 6) is -2.76. The van der Waals surface area contributed by atoms with Gasteiger partial charge < -0.3 is 12.9 Å². The van der Waals surface area contributed by atoms with E-state index in [4.69, 9.17) is 0 Å². The fourth-order valence-electron chi connectivity index (χ4n) is 0.716. The third-order valence-electron chi connectivity index (χ3n) is 1.32. The standard InChI is InChI=1S/C6H3BF5/c8-5-2-1-4(3-6(5)9)7(10,11)12/h1-3H/q-1. The summed E-state index contributed by atoms with van der Waals surface area (Å²) in [5, 5.41) is 0. The molecule has 0 radical (unpaired) electrons. The van der Waals surface area contributed by atoms with Crippen LogP contribution in [0, 0.1) is 11.6 Å². The minimum Gasteiger partial charge on any atom is -0.445 e. The minimum atomic E-state index is -5.24. The molecule has 0 nitrogen and oxygen atoms in total. The van der Waals surface area contributed by atoms with Gasteiger partial charge in [-0.15, -0.1) is 5.46 Å². The lowest BCUT2D eigenvalue weighted by atomic mass is 9.80. The number of hydrogen-bond acceptors (Lipinski definition) is 0. The van der Waals surface area contributed by atoms with Crippen LogP contribution in [0.5, 0.6) is 0 Å². The van der Waals surface area contributed by atoms with Gasteiger partial charge in [0.1, 0.15) is 0 Å². The highest BCUT2D eigenvalue weighted by atomic mass is 19.4. The lowest BCUT2D eigenvalue weighted by molar-refractivity contribution is 0.493. The van der Waals surface area contributed by atoms with E-state index in [1.165, 1.54) is 0 Å². The average molecular weight is 181 g/mol. The molecule has 1 aromatic carbocycles. The molecule has 0 aliphatic rings. The molecule has 0 saturated heterocycles. The number of rotatable bonds is 1. The first kappa shape index (κ1) is 9.03. The van der Waals surface area contributed by atoms with Crippen LogP contribution in [0.15, 0.2) is 18.2 Å². The highest BCUT2D eigenvalue weighted by molar-refractivity contribution is 6.73. The highest BCUT2D eigenvalue weighted by Crippen LogP contribution is 2.11. The molecule has 12 heavy (non-hydrogen) atoms. The van der Waals surface area contributed by atoms with Crippen molar-refractivity contribution < 1.29 is 21.7 Å². The summed E-state index contributed by atoms with van der Waals surface area (Å²) in [5.41, 5.74) is -1.13. The van der Waals surface area contributed by atoms with Crippen LogP contribution in [0.3, 0.4) is 0 Å². The summed E-state index contributed by atoms with van der Waals surface area (Å²) in [7, 11) is 0. The Morgan fingerprint density at radius 1 is 0.917 bits per heavy atom. The van der Waals surface area contributed by atoms with Gasteiger partial charge in [-0.25, -0.2) is 8.78 Å². The zero-order valence-corrected chi connectivity index (χ0v) is 5.70. The third kappa shape index (κ3) is 1.75. The van der Waals surface area contributed by atoms with Crippen molar-refractivity contribution in [2.45, 2.75) is 0 Å². The summed E-state index contributed by atoms with van der Waals surface area (Å²) in [6.45, 7) is -5.24. The summed E-state index contributed by atoms with van der Waals surface area (Å²) in [6.07, 6.45) is 0. The van der Waals surface area contributed by atoms with Crippen molar-refractivity contribution in [2.24, 2.45) is 0 Å². The number of halogens is 5.